The predicted molar refractivity (Wildman–Crippen MR) is 73.8 cm³/mol. The van der Waals surface area contributed by atoms with Crippen LogP contribution in [0, 0.1) is 5.82 Å². The van der Waals surface area contributed by atoms with E-state index in [0.29, 0.717) is 13.0 Å². The van der Waals surface area contributed by atoms with Crippen molar-refractivity contribution < 1.29 is 4.39 Å². The number of halogens is 1. The van der Waals surface area contributed by atoms with Crippen molar-refractivity contribution in [2.45, 2.75) is 6.42 Å². The van der Waals surface area contributed by atoms with Gasteiger partial charge in [-0.05, 0) is 30.2 Å². The van der Waals surface area contributed by atoms with Crippen LogP contribution in [0.15, 0.2) is 54.9 Å². The lowest BCUT2D eigenvalue weighted by molar-refractivity contribution is 0.610. The Labute approximate surface area is 110 Å². The molecule has 0 saturated heterocycles. The molecule has 0 aliphatic carbocycles. The van der Waals surface area contributed by atoms with Gasteiger partial charge in [-0.1, -0.05) is 24.3 Å². The Kier molecular flexibility index (Phi) is 3.14. The number of rotatable bonds is 4. The number of hydrogen-bond donors (Lipinski definition) is 1. The van der Waals surface area contributed by atoms with Crippen LogP contribution in [0.5, 0.6) is 0 Å². The van der Waals surface area contributed by atoms with Crippen molar-refractivity contribution in [3.63, 3.8) is 0 Å². The van der Waals surface area contributed by atoms with Gasteiger partial charge in [0.1, 0.15) is 17.3 Å². The number of benzene rings is 1. The summed E-state index contributed by atoms with van der Waals surface area (Å²) in [5, 5.41) is 3.31. The monoisotopic (exact) mass is 255 g/mol. The Morgan fingerprint density at radius 2 is 2.00 bits per heavy atom. The van der Waals surface area contributed by atoms with E-state index >= 15 is 0 Å². The summed E-state index contributed by atoms with van der Waals surface area (Å²) in [6.07, 6.45) is 4.32. The van der Waals surface area contributed by atoms with Gasteiger partial charge in [0.2, 0.25) is 0 Å². The molecule has 0 amide bonds. The molecule has 1 N–H and O–H groups in total. The maximum absolute atomic E-state index is 13.5. The third-order valence-corrected chi connectivity index (χ3v) is 3.09. The van der Waals surface area contributed by atoms with E-state index in [0.717, 1.165) is 17.0 Å². The standard InChI is InChI=1S/C15H14FN3/c16-13-5-2-1-4-12(13)8-9-17-14-6-3-7-15-18-10-11-19(14)15/h1-7,10-11,17H,8-9H2. The highest BCUT2D eigenvalue weighted by atomic mass is 19.1. The van der Waals surface area contributed by atoms with Gasteiger partial charge in [0.05, 0.1) is 0 Å². The van der Waals surface area contributed by atoms with E-state index in [1.54, 1.807) is 12.3 Å². The van der Waals surface area contributed by atoms with Crippen LogP contribution in [0.2, 0.25) is 0 Å². The summed E-state index contributed by atoms with van der Waals surface area (Å²) in [4.78, 5) is 4.22. The highest BCUT2D eigenvalue weighted by Gasteiger charge is 2.02. The lowest BCUT2D eigenvalue weighted by atomic mass is 10.1. The van der Waals surface area contributed by atoms with Crippen LogP contribution in [0.1, 0.15) is 5.56 Å². The van der Waals surface area contributed by atoms with Crippen LogP contribution in [-0.4, -0.2) is 15.9 Å². The van der Waals surface area contributed by atoms with Crippen LogP contribution in [-0.2, 0) is 6.42 Å². The largest absolute Gasteiger partial charge is 0.371 e. The highest BCUT2D eigenvalue weighted by molar-refractivity contribution is 5.49. The average Bonchev–Trinajstić information content (AvgIpc) is 2.90. The lowest BCUT2D eigenvalue weighted by Gasteiger charge is -2.09. The van der Waals surface area contributed by atoms with Crippen LogP contribution >= 0.6 is 0 Å². The van der Waals surface area contributed by atoms with Gasteiger partial charge in [0, 0.05) is 18.9 Å². The first-order valence-corrected chi connectivity index (χ1v) is 6.24. The van der Waals surface area contributed by atoms with Crippen molar-refractivity contribution in [2.24, 2.45) is 0 Å². The Morgan fingerprint density at radius 1 is 1.11 bits per heavy atom. The zero-order valence-corrected chi connectivity index (χ0v) is 10.4. The number of fused-ring (bicyclic) bond motifs is 1. The normalized spacial score (nSPS) is 10.8. The molecule has 0 aliphatic rings. The van der Waals surface area contributed by atoms with Gasteiger partial charge in [-0.25, -0.2) is 9.37 Å². The van der Waals surface area contributed by atoms with E-state index in [-0.39, 0.29) is 5.82 Å². The van der Waals surface area contributed by atoms with Crippen molar-refractivity contribution in [1.82, 2.24) is 9.38 Å². The van der Waals surface area contributed by atoms with Crippen LogP contribution in [0.3, 0.4) is 0 Å². The molecule has 0 unspecified atom stereocenters. The molecule has 19 heavy (non-hydrogen) atoms. The van der Waals surface area contributed by atoms with Crippen molar-refractivity contribution in [2.75, 3.05) is 11.9 Å². The SMILES string of the molecule is Fc1ccccc1CCNc1cccc2nccn12. The molecule has 1 aromatic carbocycles. The molecule has 0 aliphatic heterocycles. The second kappa shape index (κ2) is 5.10. The lowest BCUT2D eigenvalue weighted by Crippen LogP contribution is -2.08. The van der Waals surface area contributed by atoms with E-state index in [1.807, 2.05) is 40.9 Å². The maximum Gasteiger partial charge on any atom is 0.138 e. The van der Waals surface area contributed by atoms with Gasteiger partial charge < -0.3 is 5.32 Å². The Hall–Kier alpha value is -2.36. The van der Waals surface area contributed by atoms with E-state index in [1.165, 1.54) is 6.07 Å². The van der Waals surface area contributed by atoms with Crippen molar-refractivity contribution >= 4 is 11.5 Å². The third-order valence-electron chi connectivity index (χ3n) is 3.09. The van der Waals surface area contributed by atoms with Gasteiger partial charge in [0.15, 0.2) is 0 Å². The number of nitrogens with zero attached hydrogens (tertiary/aromatic N) is 2. The molecule has 0 bridgehead atoms. The summed E-state index contributed by atoms with van der Waals surface area (Å²) in [7, 11) is 0. The number of imidazole rings is 1. The van der Waals surface area contributed by atoms with Gasteiger partial charge in [-0.2, -0.15) is 0 Å². The van der Waals surface area contributed by atoms with Crippen LogP contribution in [0.25, 0.3) is 5.65 Å². The minimum Gasteiger partial charge on any atom is -0.371 e. The molecule has 0 saturated carbocycles. The van der Waals surface area contributed by atoms with Gasteiger partial charge in [-0.3, -0.25) is 4.40 Å². The molecule has 96 valence electrons. The molecule has 2 aromatic heterocycles. The van der Waals surface area contributed by atoms with Crippen molar-refractivity contribution in [3.05, 3.63) is 66.2 Å². The van der Waals surface area contributed by atoms with Crippen LogP contribution in [0.4, 0.5) is 10.2 Å². The maximum atomic E-state index is 13.5. The number of hydrogen-bond acceptors (Lipinski definition) is 2. The number of nitrogens with one attached hydrogen (secondary N) is 1. The smallest absolute Gasteiger partial charge is 0.138 e. The fraction of sp³-hybridized carbons (Fsp3) is 0.133. The quantitative estimate of drug-likeness (QED) is 0.776. The molecule has 3 nitrogen and oxygen atoms in total. The van der Waals surface area contributed by atoms with E-state index in [4.69, 9.17) is 0 Å². The molecule has 0 fully saturated rings. The summed E-state index contributed by atoms with van der Waals surface area (Å²) < 4.78 is 15.4. The summed E-state index contributed by atoms with van der Waals surface area (Å²) in [5.74, 6) is 0.816. The molecular formula is C15H14FN3. The molecule has 3 aromatic rings. The number of anilines is 1. The fourth-order valence-corrected chi connectivity index (χ4v) is 2.12. The molecule has 3 rings (SSSR count). The van der Waals surface area contributed by atoms with Crippen molar-refractivity contribution in [1.29, 1.82) is 0 Å². The van der Waals surface area contributed by atoms with E-state index in [9.17, 15) is 4.39 Å². The molecule has 0 atom stereocenters. The summed E-state index contributed by atoms with van der Waals surface area (Å²) in [6.45, 7) is 0.679. The molecule has 2 heterocycles. The summed E-state index contributed by atoms with van der Waals surface area (Å²) >= 11 is 0. The zero-order chi connectivity index (χ0) is 13.1. The van der Waals surface area contributed by atoms with Gasteiger partial charge >= 0.3 is 0 Å². The molecule has 0 radical (unpaired) electrons. The molecule has 0 spiro atoms. The van der Waals surface area contributed by atoms with E-state index in [2.05, 4.69) is 10.3 Å². The predicted octanol–water partition coefficient (Wildman–Crippen LogP) is 3.13. The minimum atomic E-state index is -0.148. The first-order chi connectivity index (χ1) is 9.34. The summed E-state index contributed by atoms with van der Waals surface area (Å²) in [6, 6.07) is 12.8. The average molecular weight is 255 g/mol. The van der Waals surface area contributed by atoms with Crippen LogP contribution < -0.4 is 5.32 Å². The first kappa shape index (κ1) is 11.7. The second-order valence-corrected chi connectivity index (χ2v) is 4.33. The minimum absolute atomic E-state index is 0.148. The Balaban J connectivity index is 1.70. The van der Waals surface area contributed by atoms with Gasteiger partial charge in [-0.15, -0.1) is 0 Å². The third kappa shape index (κ3) is 2.42. The van der Waals surface area contributed by atoms with Gasteiger partial charge in [0.25, 0.3) is 0 Å². The zero-order valence-electron chi connectivity index (χ0n) is 10.4. The fourth-order valence-electron chi connectivity index (χ4n) is 2.12. The first-order valence-electron chi connectivity index (χ1n) is 6.24. The number of aromatic nitrogens is 2. The highest BCUT2D eigenvalue weighted by Crippen LogP contribution is 2.12. The second-order valence-electron chi connectivity index (χ2n) is 4.33. The summed E-state index contributed by atoms with van der Waals surface area (Å²) in [5.41, 5.74) is 1.63. The Morgan fingerprint density at radius 3 is 2.89 bits per heavy atom. The van der Waals surface area contributed by atoms with E-state index < -0.39 is 0 Å². The van der Waals surface area contributed by atoms with Crippen molar-refractivity contribution in [3.8, 4) is 0 Å². The topological polar surface area (TPSA) is 29.3 Å². The number of pyridine rings is 1. The molecule has 4 heteroatoms. The Bertz CT molecular complexity index is 690. The molecular weight excluding hydrogens is 241 g/mol.